The lowest BCUT2D eigenvalue weighted by molar-refractivity contribution is 0.102. The summed E-state index contributed by atoms with van der Waals surface area (Å²) in [4.78, 5) is 14.8. The van der Waals surface area contributed by atoms with Gasteiger partial charge in [0.1, 0.15) is 16.8 Å². The molecule has 1 fully saturated rings. The molecule has 1 aromatic carbocycles. The summed E-state index contributed by atoms with van der Waals surface area (Å²) in [6.45, 7) is 4.54. The highest BCUT2D eigenvalue weighted by Crippen LogP contribution is 2.28. The molecule has 0 saturated carbocycles. The Morgan fingerprint density at radius 1 is 1.30 bits per heavy atom. The fourth-order valence-corrected chi connectivity index (χ4v) is 4.16. The minimum atomic E-state index is -0.438. The number of rotatable bonds is 5. The summed E-state index contributed by atoms with van der Waals surface area (Å²) in [5.41, 5.74) is 2.31. The second kappa shape index (κ2) is 8.57. The van der Waals surface area contributed by atoms with Crippen LogP contribution in [0.4, 0.5) is 10.2 Å². The van der Waals surface area contributed by atoms with Crippen LogP contribution in [0.2, 0.25) is 5.15 Å². The quantitative estimate of drug-likeness (QED) is 0.668. The van der Waals surface area contributed by atoms with Crippen molar-refractivity contribution < 1.29 is 9.18 Å². The predicted octanol–water partition coefficient (Wildman–Crippen LogP) is 3.81. The minimum absolute atomic E-state index is 0.185. The van der Waals surface area contributed by atoms with E-state index in [9.17, 15) is 9.18 Å². The number of nitrogens with one attached hydrogen (secondary N) is 1. The Hall–Kier alpha value is -2.71. The number of hydrogen-bond acceptors (Lipinski definition) is 4. The van der Waals surface area contributed by atoms with E-state index in [2.05, 4.69) is 20.4 Å². The van der Waals surface area contributed by atoms with Gasteiger partial charge in [0.05, 0.1) is 17.9 Å². The van der Waals surface area contributed by atoms with Crippen molar-refractivity contribution >= 4 is 23.3 Å². The molecule has 1 aliphatic heterocycles. The smallest absolute Gasteiger partial charge is 0.256 e. The fourth-order valence-electron chi connectivity index (χ4n) is 3.92. The number of benzene rings is 1. The topological polar surface area (TPSA) is 68.0 Å². The normalized spacial score (nSPS) is 15.5. The van der Waals surface area contributed by atoms with E-state index in [1.807, 2.05) is 18.7 Å². The van der Waals surface area contributed by atoms with E-state index in [4.69, 9.17) is 11.6 Å². The van der Waals surface area contributed by atoms with Crippen molar-refractivity contribution in [3.05, 3.63) is 64.3 Å². The van der Waals surface area contributed by atoms with Gasteiger partial charge in [-0.25, -0.2) is 9.07 Å². The third-order valence-corrected chi connectivity index (χ3v) is 6.03. The first-order valence-electron chi connectivity index (χ1n) is 9.93. The van der Waals surface area contributed by atoms with Crippen LogP contribution in [0, 0.1) is 12.7 Å². The van der Waals surface area contributed by atoms with Gasteiger partial charge in [-0.15, -0.1) is 0 Å². The van der Waals surface area contributed by atoms with Crippen molar-refractivity contribution in [2.24, 2.45) is 7.05 Å². The van der Waals surface area contributed by atoms with Crippen molar-refractivity contribution in [3.8, 4) is 0 Å². The van der Waals surface area contributed by atoms with Crippen molar-refractivity contribution in [3.63, 3.8) is 0 Å². The largest absolute Gasteiger partial charge is 0.307 e. The molecule has 158 valence electrons. The minimum Gasteiger partial charge on any atom is -0.307 e. The summed E-state index contributed by atoms with van der Waals surface area (Å²) in [5.74, 6) is -0.170. The van der Waals surface area contributed by atoms with Gasteiger partial charge in [0, 0.05) is 43.9 Å². The first-order valence-corrected chi connectivity index (χ1v) is 10.3. The third-order valence-electron chi connectivity index (χ3n) is 5.55. The van der Waals surface area contributed by atoms with Crippen LogP contribution in [0.25, 0.3) is 0 Å². The molecule has 3 aromatic rings. The van der Waals surface area contributed by atoms with E-state index >= 15 is 0 Å². The van der Waals surface area contributed by atoms with Gasteiger partial charge in [-0.05, 0) is 38.0 Å². The summed E-state index contributed by atoms with van der Waals surface area (Å²) in [5, 5.41) is 12.3. The van der Waals surface area contributed by atoms with Crippen molar-refractivity contribution in [1.82, 2.24) is 24.5 Å². The van der Waals surface area contributed by atoms with E-state index in [0.29, 0.717) is 11.0 Å². The maximum absolute atomic E-state index is 13.4. The number of carbonyl (C=O) groups excluding carboxylic acids is 1. The summed E-state index contributed by atoms with van der Waals surface area (Å²) in [6.07, 6.45) is 3.48. The number of halogens is 2. The highest BCUT2D eigenvalue weighted by molar-refractivity contribution is 6.30. The van der Waals surface area contributed by atoms with Crippen LogP contribution in [0.3, 0.4) is 0 Å². The van der Waals surface area contributed by atoms with Gasteiger partial charge in [0.25, 0.3) is 5.91 Å². The van der Waals surface area contributed by atoms with Crippen LogP contribution in [-0.4, -0.2) is 43.5 Å². The molecular weight excluding hydrogens is 407 g/mol. The summed E-state index contributed by atoms with van der Waals surface area (Å²) < 4.78 is 17.0. The van der Waals surface area contributed by atoms with E-state index in [-0.39, 0.29) is 17.5 Å². The van der Waals surface area contributed by atoms with Crippen LogP contribution in [-0.2, 0) is 13.6 Å². The number of amides is 1. The first kappa shape index (κ1) is 20.6. The van der Waals surface area contributed by atoms with Gasteiger partial charge in [-0.1, -0.05) is 17.7 Å². The van der Waals surface area contributed by atoms with Crippen LogP contribution < -0.4 is 5.32 Å². The molecule has 1 N–H and O–H groups in total. The number of carbonyl (C=O) groups is 1. The predicted molar refractivity (Wildman–Crippen MR) is 113 cm³/mol. The lowest BCUT2D eigenvalue weighted by atomic mass is 10.0. The molecule has 1 amide bonds. The molecule has 0 bridgehead atoms. The van der Waals surface area contributed by atoms with Gasteiger partial charge in [0.15, 0.2) is 0 Å². The number of piperidine rings is 1. The number of anilines is 1. The van der Waals surface area contributed by atoms with E-state index in [1.54, 1.807) is 23.0 Å². The van der Waals surface area contributed by atoms with Crippen LogP contribution in [0.1, 0.15) is 40.5 Å². The van der Waals surface area contributed by atoms with E-state index < -0.39 is 5.82 Å². The summed E-state index contributed by atoms with van der Waals surface area (Å²) >= 11 is 6.37. The standard InChI is InChI=1S/C21H24ClFN6O/c1-14-18(20(22)27(2)26-14)13-28-10-7-17(8-11-28)29-19(6-9-24-29)25-21(30)15-4-3-5-16(23)12-15/h3-6,9,12,17H,7-8,10-11,13H2,1-2H3,(H,25,30). The Morgan fingerprint density at radius 2 is 2.07 bits per heavy atom. The number of aryl methyl sites for hydroxylation is 2. The average Bonchev–Trinajstić information content (AvgIpc) is 3.28. The van der Waals surface area contributed by atoms with Crippen molar-refractivity contribution in [2.75, 3.05) is 18.4 Å². The summed E-state index contributed by atoms with van der Waals surface area (Å²) in [6, 6.07) is 7.60. The van der Waals surface area contributed by atoms with E-state index in [1.165, 1.54) is 18.2 Å². The third kappa shape index (κ3) is 4.24. The Kier molecular flexibility index (Phi) is 5.87. The first-order chi connectivity index (χ1) is 14.4. The fraction of sp³-hybridized carbons (Fsp3) is 0.381. The molecule has 1 aliphatic rings. The van der Waals surface area contributed by atoms with E-state index in [0.717, 1.165) is 43.7 Å². The summed E-state index contributed by atoms with van der Waals surface area (Å²) in [7, 11) is 1.85. The lowest BCUT2D eigenvalue weighted by Crippen LogP contribution is -2.35. The molecule has 3 heterocycles. The van der Waals surface area contributed by atoms with Gasteiger partial charge < -0.3 is 5.32 Å². The lowest BCUT2D eigenvalue weighted by Gasteiger charge is -2.32. The van der Waals surface area contributed by atoms with Gasteiger partial charge in [0.2, 0.25) is 0 Å². The maximum atomic E-state index is 13.4. The molecule has 7 nitrogen and oxygen atoms in total. The Bertz CT molecular complexity index is 1050. The monoisotopic (exact) mass is 430 g/mol. The molecular formula is C21H24ClFN6O. The highest BCUT2D eigenvalue weighted by Gasteiger charge is 2.25. The Morgan fingerprint density at radius 3 is 2.73 bits per heavy atom. The molecule has 0 spiro atoms. The second-order valence-electron chi connectivity index (χ2n) is 7.61. The highest BCUT2D eigenvalue weighted by atomic mass is 35.5. The Labute approximate surface area is 179 Å². The molecule has 4 rings (SSSR count). The molecule has 2 aromatic heterocycles. The van der Waals surface area contributed by atoms with Gasteiger partial charge in [-0.2, -0.15) is 10.2 Å². The average molecular weight is 431 g/mol. The van der Waals surface area contributed by atoms with Crippen molar-refractivity contribution in [1.29, 1.82) is 0 Å². The Balaban J connectivity index is 1.39. The number of likely N-dealkylation sites (tertiary alicyclic amines) is 1. The number of aromatic nitrogens is 4. The maximum Gasteiger partial charge on any atom is 0.256 e. The number of nitrogens with zero attached hydrogens (tertiary/aromatic N) is 5. The van der Waals surface area contributed by atoms with Crippen LogP contribution in [0.5, 0.6) is 0 Å². The molecule has 0 unspecified atom stereocenters. The van der Waals surface area contributed by atoms with Crippen LogP contribution >= 0.6 is 11.6 Å². The van der Waals surface area contributed by atoms with Gasteiger partial charge in [-0.3, -0.25) is 14.4 Å². The zero-order valence-electron chi connectivity index (χ0n) is 17.0. The zero-order valence-corrected chi connectivity index (χ0v) is 17.7. The van der Waals surface area contributed by atoms with Crippen molar-refractivity contribution in [2.45, 2.75) is 32.4 Å². The van der Waals surface area contributed by atoms with Crippen LogP contribution in [0.15, 0.2) is 36.5 Å². The number of hydrogen-bond donors (Lipinski definition) is 1. The molecule has 0 radical (unpaired) electrons. The molecule has 30 heavy (non-hydrogen) atoms. The molecule has 0 aliphatic carbocycles. The second-order valence-corrected chi connectivity index (χ2v) is 7.97. The molecule has 1 saturated heterocycles. The zero-order chi connectivity index (χ0) is 21.3. The van der Waals surface area contributed by atoms with Gasteiger partial charge >= 0.3 is 0 Å². The molecule has 0 atom stereocenters. The SMILES string of the molecule is Cc1nn(C)c(Cl)c1CN1CCC(n2nccc2NC(=O)c2cccc(F)c2)CC1. The molecule has 9 heteroatoms.